The molecule has 3 nitrogen and oxygen atoms in total. The van der Waals surface area contributed by atoms with Gasteiger partial charge in [-0.15, -0.1) is 0 Å². The van der Waals surface area contributed by atoms with Crippen molar-refractivity contribution >= 4 is 5.91 Å². The van der Waals surface area contributed by atoms with Crippen LogP contribution in [-0.2, 0) is 4.79 Å². The van der Waals surface area contributed by atoms with Crippen LogP contribution in [0.25, 0.3) is 0 Å². The number of carbonyl (C=O) groups is 1. The van der Waals surface area contributed by atoms with Crippen molar-refractivity contribution in [1.82, 2.24) is 5.32 Å². The first kappa shape index (κ1) is 10.2. The van der Waals surface area contributed by atoms with Crippen LogP contribution in [0.2, 0.25) is 0 Å². The molecule has 0 saturated carbocycles. The van der Waals surface area contributed by atoms with E-state index < -0.39 is 0 Å². The lowest BCUT2D eigenvalue weighted by Crippen LogP contribution is -2.20. The molecule has 0 aromatic rings. The van der Waals surface area contributed by atoms with Crippen LogP contribution in [0.4, 0.5) is 0 Å². The van der Waals surface area contributed by atoms with E-state index in [-0.39, 0.29) is 5.91 Å². The van der Waals surface area contributed by atoms with Gasteiger partial charge in [0.25, 0.3) is 0 Å². The zero-order valence-corrected chi connectivity index (χ0v) is 7.35. The number of amides is 1. The molecule has 1 amide bonds. The second kappa shape index (κ2) is 4.91. The molecule has 0 aliphatic carbocycles. The summed E-state index contributed by atoms with van der Waals surface area (Å²) in [6.07, 6.45) is 2.69. The van der Waals surface area contributed by atoms with Crippen LogP contribution in [0.3, 0.4) is 0 Å². The Morgan fingerprint density at radius 1 is 1.73 bits per heavy atom. The first-order valence-corrected chi connectivity index (χ1v) is 3.71. The second-order valence-corrected chi connectivity index (χ2v) is 2.68. The molecule has 0 radical (unpaired) electrons. The van der Waals surface area contributed by atoms with Gasteiger partial charge in [0.05, 0.1) is 0 Å². The maximum atomic E-state index is 10.5. The number of carbonyl (C=O) groups excluding carboxylic acids is 1. The van der Waals surface area contributed by atoms with Crippen LogP contribution in [-0.4, -0.2) is 19.0 Å². The highest BCUT2D eigenvalue weighted by atomic mass is 16.1. The summed E-state index contributed by atoms with van der Waals surface area (Å²) in [5.41, 5.74) is 5.67. The number of nitrogens with two attached hydrogens (primary N) is 1. The largest absolute Gasteiger partial charge is 0.366 e. The molecular formula is C8H16N2O. The number of rotatable bonds is 4. The lowest BCUT2D eigenvalue weighted by Gasteiger charge is -2.05. The Hall–Kier alpha value is -0.830. The fraction of sp³-hybridized carbons (Fsp3) is 0.625. The molecule has 11 heavy (non-hydrogen) atoms. The Labute approximate surface area is 67.7 Å². The molecule has 0 rings (SSSR count). The quantitative estimate of drug-likeness (QED) is 0.579. The molecule has 0 aliphatic heterocycles. The lowest BCUT2D eigenvalue weighted by atomic mass is 10.1. The van der Waals surface area contributed by atoms with Crippen LogP contribution >= 0.6 is 0 Å². The summed E-state index contributed by atoms with van der Waals surface area (Å²) in [6.45, 7) is 3.77. The van der Waals surface area contributed by atoms with Crippen LogP contribution < -0.4 is 11.1 Å². The van der Waals surface area contributed by atoms with Gasteiger partial charge >= 0.3 is 0 Å². The van der Waals surface area contributed by atoms with Crippen LogP contribution in [0.5, 0.6) is 0 Å². The zero-order chi connectivity index (χ0) is 8.85. The summed E-state index contributed by atoms with van der Waals surface area (Å²) in [6, 6.07) is 0.393. The van der Waals surface area contributed by atoms with Gasteiger partial charge in [-0.25, -0.2) is 0 Å². The van der Waals surface area contributed by atoms with Gasteiger partial charge in [0.1, 0.15) is 0 Å². The van der Waals surface area contributed by atoms with E-state index in [1.54, 1.807) is 6.92 Å². The Bertz CT molecular complexity index is 163. The molecule has 0 heterocycles. The SMILES string of the molecule is CNC(C)C/C=C(\C)C(N)=O. The summed E-state index contributed by atoms with van der Waals surface area (Å²) in [7, 11) is 1.89. The third-order valence-corrected chi connectivity index (χ3v) is 1.66. The van der Waals surface area contributed by atoms with Gasteiger partial charge in [-0.2, -0.15) is 0 Å². The third-order valence-electron chi connectivity index (χ3n) is 1.66. The number of primary amides is 1. The Balaban J connectivity index is 3.82. The van der Waals surface area contributed by atoms with Crippen molar-refractivity contribution in [2.45, 2.75) is 26.3 Å². The fourth-order valence-corrected chi connectivity index (χ4v) is 0.572. The third kappa shape index (κ3) is 4.56. The molecule has 3 heteroatoms. The molecule has 1 atom stereocenters. The first-order valence-electron chi connectivity index (χ1n) is 3.71. The number of hydrogen-bond acceptors (Lipinski definition) is 2. The molecule has 0 spiro atoms. The van der Waals surface area contributed by atoms with E-state index in [0.717, 1.165) is 6.42 Å². The van der Waals surface area contributed by atoms with Gasteiger partial charge in [0, 0.05) is 11.6 Å². The summed E-state index contributed by atoms with van der Waals surface area (Å²) >= 11 is 0. The average Bonchev–Trinajstić information content (AvgIpc) is 1.99. The zero-order valence-electron chi connectivity index (χ0n) is 7.35. The van der Waals surface area contributed by atoms with E-state index in [0.29, 0.717) is 11.6 Å². The highest BCUT2D eigenvalue weighted by Crippen LogP contribution is 1.97. The van der Waals surface area contributed by atoms with Crippen molar-refractivity contribution in [2.75, 3.05) is 7.05 Å². The second-order valence-electron chi connectivity index (χ2n) is 2.68. The molecule has 0 bridgehead atoms. The lowest BCUT2D eigenvalue weighted by molar-refractivity contribution is -0.114. The monoisotopic (exact) mass is 156 g/mol. The molecule has 0 fully saturated rings. The smallest absolute Gasteiger partial charge is 0.244 e. The summed E-state index contributed by atoms with van der Waals surface area (Å²) in [4.78, 5) is 10.5. The normalized spacial score (nSPS) is 14.6. The Morgan fingerprint density at radius 2 is 2.27 bits per heavy atom. The van der Waals surface area contributed by atoms with Crippen molar-refractivity contribution in [3.8, 4) is 0 Å². The standard InChI is InChI=1S/C8H16N2O/c1-6(8(9)11)4-5-7(2)10-3/h4,7,10H,5H2,1-3H3,(H2,9,11)/b6-4+. The maximum Gasteiger partial charge on any atom is 0.244 e. The van der Waals surface area contributed by atoms with Crippen LogP contribution in [0, 0.1) is 0 Å². The average molecular weight is 156 g/mol. The van der Waals surface area contributed by atoms with E-state index in [2.05, 4.69) is 5.32 Å². The van der Waals surface area contributed by atoms with E-state index in [1.807, 2.05) is 20.0 Å². The van der Waals surface area contributed by atoms with E-state index >= 15 is 0 Å². The number of nitrogens with one attached hydrogen (secondary N) is 1. The van der Waals surface area contributed by atoms with Crippen molar-refractivity contribution in [1.29, 1.82) is 0 Å². The molecule has 0 aromatic heterocycles. The van der Waals surface area contributed by atoms with Gasteiger partial charge in [-0.3, -0.25) is 4.79 Å². The minimum atomic E-state index is -0.340. The Morgan fingerprint density at radius 3 is 2.64 bits per heavy atom. The molecule has 0 saturated heterocycles. The topological polar surface area (TPSA) is 55.1 Å². The van der Waals surface area contributed by atoms with E-state index in [1.165, 1.54) is 0 Å². The van der Waals surface area contributed by atoms with Crippen molar-refractivity contribution in [2.24, 2.45) is 5.73 Å². The van der Waals surface area contributed by atoms with Crippen LogP contribution in [0.1, 0.15) is 20.3 Å². The van der Waals surface area contributed by atoms with Gasteiger partial charge < -0.3 is 11.1 Å². The van der Waals surface area contributed by atoms with Gasteiger partial charge in [0.15, 0.2) is 0 Å². The maximum absolute atomic E-state index is 10.5. The first-order chi connectivity index (χ1) is 5.07. The molecular weight excluding hydrogens is 140 g/mol. The van der Waals surface area contributed by atoms with Gasteiger partial charge in [-0.1, -0.05) is 6.08 Å². The van der Waals surface area contributed by atoms with Crippen LogP contribution in [0.15, 0.2) is 11.6 Å². The molecule has 64 valence electrons. The summed E-state index contributed by atoms with van der Waals surface area (Å²) in [5.74, 6) is -0.340. The molecule has 1 unspecified atom stereocenters. The van der Waals surface area contributed by atoms with Crippen molar-refractivity contribution in [3.05, 3.63) is 11.6 Å². The highest BCUT2D eigenvalue weighted by Gasteiger charge is 1.98. The molecule has 0 aromatic carbocycles. The minimum Gasteiger partial charge on any atom is -0.366 e. The predicted octanol–water partition coefficient (Wildman–Crippen LogP) is 0.416. The minimum absolute atomic E-state index is 0.340. The Kier molecular flexibility index (Phi) is 4.54. The highest BCUT2D eigenvalue weighted by molar-refractivity contribution is 5.91. The van der Waals surface area contributed by atoms with Gasteiger partial charge in [0.2, 0.25) is 5.91 Å². The molecule has 0 aliphatic rings. The van der Waals surface area contributed by atoms with E-state index in [9.17, 15) is 4.79 Å². The van der Waals surface area contributed by atoms with Gasteiger partial charge in [-0.05, 0) is 27.3 Å². The fourth-order valence-electron chi connectivity index (χ4n) is 0.572. The molecule has 3 N–H and O–H groups in total. The predicted molar refractivity (Wildman–Crippen MR) is 46.1 cm³/mol. The number of hydrogen-bond donors (Lipinski definition) is 2. The summed E-state index contributed by atoms with van der Waals surface area (Å²) < 4.78 is 0. The van der Waals surface area contributed by atoms with Crippen molar-refractivity contribution in [3.63, 3.8) is 0 Å². The van der Waals surface area contributed by atoms with Crippen molar-refractivity contribution < 1.29 is 4.79 Å². The summed E-state index contributed by atoms with van der Waals surface area (Å²) in [5, 5.41) is 3.06. The van der Waals surface area contributed by atoms with E-state index in [4.69, 9.17) is 5.73 Å².